The van der Waals surface area contributed by atoms with Crippen molar-refractivity contribution in [3.05, 3.63) is 65.8 Å². The summed E-state index contributed by atoms with van der Waals surface area (Å²) in [5, 5.41) is 6.76. The molecule has 0 aliphatic rings. The van der Waals surface area contributed by atoms with E-state index in [2.05, 4.69) is 15.5 Å². The largest absolute Gasteiger partial charge is 0.496 e. The molecule has 1 aromatic heterocycles. The molecule has 0 unspecified atom stereocenters. The Hall–Kier alpha value is -3.22. The number of benzene rings is 2. The third-order valence-electron chi connectivity index (χ3n) is 4.03. The normalized spacial score (nSPS) is 10.6. The summed E-state index contributed by atoms with van der Waals surface area (Å²) in [6.45, 7) is 0.415. The number of para-hydroxylation sites is 1. The smallest absolute Gasteiger partial charge is 0.226 e. The van der Waals surface area contributed by atoms with Gasteiger partial charge < -0.3 is 14.6 Å². The van der Waals surface area contributed by atoms with Crippen molar-refractivity contribution in [3.8, 4) is 17.1 Å². The quantitative estimate of drug-likeness (QED) is 0.657. The minimum Gasteiger partial charge on any atom is -0.496 e. The molecule has 6 nitrogen and oxygen atoms in total. The maximum Gasteiger partial charge on any atom is 0.226 e. The number of carbonyl (C=O) groups excluding carboxylic acids is 1. The molecule has 140 valence electrons. The van der Waals surface area contributed by atoms with Gasteiger partial charge in [0.1, 0.15) is 11.6 Å². The van der Waals surface area contributed by atoms with Gasteiger partial charge in [0.2, 0.25) is 17.6 Å². The number of nitrogens with one attached hydrogen (secondary N) is 1. The highest BCUT2D eigenvalue weighted by molar-refractivity contribution is 5.75. The molecule has 3 aromatic rings. The fraction of sp³-hybridized carbons (Fsp3) is 0.250. The predicted octanol–water partition coefficient (Wildman–Crippen LogP) is 3.52. The lowest BCUT2D eigenvalue weighted by Crippen LogP contribution is -2.22. The van der Waals surface area contributed by atoms with Gasteiger partial charge in [-0.05, 0) is 36.8 Å². The maximum atomic E-state index is 13.0. The van der Waals surface area contributed by atoms with Crippen LogP contribution < -0.4 is 10.1 Å². The monoisotopic (exact) mass is 369 g/mol. The summed E-state index contributed by atoms with van der Waals surface area (Å²) in [5.41, 5.74) is 1.61. The molecule has 0 saturated carbocycles. The topological polar surface area (TPSA) is 77.2 Å². The van der Waals surface area contributed by atoms with Gasteiger partial charge in [0, 0.05) is 30.5 Å². The molecule has 0 fully saturated rings. The zero-order chi connectivity index (χ0) is 19.1. The van der Waals surface area contributed by atoms with Crippen LogP contribution in [0, 0.1) is 5.82 Å². The minimum atomic E-state index is -0.318. The Morgan fingerprint density at radius 1 is 1.19 bits per heavy atom. The minimum absolute atomic E-state index is 0.0563. The summed E-state index contributed by atoms with van der Waals surface area (Å²) in [4.78, 5) is 16.3. The Kier molecular flexibility index (Phi) is 6.14. The second-order valence-corrected chi connectivity index (χ2v) is 5.96. The van der Waals surface area contributed by atoms with Gasteiger partial charge in [0.05, 0.1) is 7.11 Å². The Morgan fingerprint density at radius 3 is 2.74 bits per heavy atom. The van der Waals surface area contributed by atoms with E-state index in [0.29, 0.717) is 43.1 Å². The number of carbonyl (C=O) groups is 1. The first-order valence-corrected chi connectivity index (χ1v) is 8.63. The third kappa shape index (κ3) is 5.13. The molecule has 3 rings (SSSR count). The number of halogens is 1. The molecule has 0 aliphatic carbocycles. The average Bonchev–Trinajstić information content (AvgIpc) is 3.16. The van der Waals surface area contributed by atoms with Crippen molar-refractivity contribution < 1.29 is 18.4 Å². The Bertz CT molecular complexity index is 893. The van der Waals surface area contributed by atoms with E-state index in [9.17, 15) is 9.18 Å². The lowest BCUT2D eigenvalue weighted by molar-refractivity contribution is -0.121. The molecular weight excluding hydrogens is 349 g/mol. The Labute approximate surface area is 156 Å². The number of ether oxygens (including phenoxy) is 1. The van der Waals surface area contributed by atoms with Gasteiger partial charge in [-0.3, -0.25) is 4.79 Å². The van der Waals surface area contributed by atoms with Crippen LogP contribution in [0.25, 0.3) is 11.4 Å². The molecular formula is C20H20FN3O3. The lowest BCUT2D eigenvalue weighted by atomic mass is 10.2. The van der Waals surface area contributed by atoms with E-state index in [4.69, 9.17) is 9.26 Å². The van der Waals surface area contributed by atoms with Gasteiger partial charge in [-0.15, -0.1) is 0 Å². The number of methoxy groups -OCH3 is 1. The van der Waals surface area contributed by atoms with Crippen LogP contribution in [-0.4, -0.2) is 23.2 Å². The van der Waals surface area contributed by atoms with Gasteiger partial charge in [0.15, 0.2) is 0 Å². The van der Waals surface area contributed by atoms with Crippen molar-refractivity contribution in [1.29, 1.82) is 0 Å². The van der Waals surface area contributed by atoms with Crippen LogP contribution in [0.15, 0.2) is 53.1 Å². The molecule has 0 aliphatic heterocycles. The van der Waals surface area contributed by atoms with Crippen LogP contribution in [0.5, 0.6) is 5.75 Å². The Balaban J connectivity index is 1.44. The van der Waals surface area contributed by atoms with Crippen LogP contribution in [0.3, 0.4) is 0 Å². The van der Waals surface area contributed by atoms with E-state index in [0.717, 1.165) is 11.3 Å². The van der Waals surface area contributed by atoms with Crippen molar-refractivity contribution in [3.63, 3.8) is 0 Å². The highest BCUT2D eigenvalue weighted by Crippen LogP contribution is 2.18. The van der Waals surface area contributed by atoms with Crippen molar-refractivity contribution in [1.82, 2.24) is 15.5 Å². The Morgan fingerprint density at radius 2 is 1.96 bits per heavy atom. The molecule has 0 saturated heterocycles. The van der Waals surface area contributed by atoms with Gasteiger partial charge in [-0.2, -0.15) is 4.98 Å². The molecule has 0 radical (unpaired) electrons. The summed E-state index contributed by atoms with van der Waals surface area (Å²) < 4.78 is 23.4. The van der Waals surface area contributed by atoms with E-state index in [1.807, 2.05) is 24.3 Å². The number of nitrogens with zero attached hydrogens (tertiary/aromatic N) is 2. The molecule has 27 heavy (non-hydrogen) atoms. The van der Waals surface area contributed by atoms with Crippen LogP contribution >= 0.6 is 0 Å². The molecule has 0 bridgehead atoms. The molecule has 1 heterocycles. The van der Waals surface area contributed by atoms with Crippen LogP contribution in [0.1, 0.15) is 24.3 Å². The second kappa shape index (κ2) is 8.93. The molecule has 2 aromatic carbocycles. The summed E-state index contributed by atoms with van der Waals surface area (Å²) in [6, 6.07) is 13.4. The van der Waals surface area contributed by atoms with E-state index in [1.54, 1.807) is 19.2 Å². The fourth-order valence-electron chi connectivity index (χ4n) is 2.60. The van der Waals surface area contributed by atoms with Crippen molar-refractivity contribution in [2.75, 3.05) is 7.11 Å². The fourth-order valence-corrected chi connectivity index (χ4v) is 2.60. The predicted molar refractivity (Wildman–Crippen MR) is 97.5 cm³/mol. The van der Waals surface area contributed by atoms with Crippen LogP contribution in [0.2, 0.25) is 0 Å². The van der Waals surface area contributed by atoms with Gasteiger partial charge in [-0.1, -0.05) is 23.4 Å². The number of hydrogen-bond acceptors (Lipinski definition) is 5. The number of aromatic nitrogens is 2. The van der Waals surface area contributed by atoms with Gasteiger partial charge in [0.25, 0.3) is 0 Å². The number of hydrogen-bond donors (Lipinski definition) is 1. The molecule has 0 atom stereocenters. The SMILES string of the molecule is COc1ccccc1CNC(=O)CCCc1nc(-c2ccc(F)cc2)no1. The van der Waals surface area contributed by atoms with E-state index in [-0.39, 0.29) is 11.7 Å². The average molecular weight is 369 g/mol. The zero-order valence-electron chi connectivity index (χ0n) is 14.9. The summed E-state index contributed by atoms with van der Waals surface area (Å²) in [5.74, 6) is 1.23. The summed E-state index contributed by atoms with van der Waals surface area (Å²) >= 11 is 0. The maximum absolute atomic E-state index is 13.0. The lowest BCUT2D eigenvalue weighted by Gasteiger charge is -2.09. The third-order valence-corrected chi connectivity index (χ3v) is 4.03. The first kappa shape index (κ1) is 18.6. The van der Waals surface area contributed by atoms with E-state index in [1.165, 1.54) is 12.1 Å². The zero-order valence-corrected chi connectivity index (χ0v) is 14.9. The van der Waals surface area contributed by atoms with Crippen molar-refractivity contribution >= 4 is 5.91 Å². The van der Waals surface area contributed by atoms with Crippen LogP contribution in [-0.2, 0) is 17.8 Å². The van der Waals surface area contributed by atoms with E-state index >= 15 is 0 Å². The highest BCUT2D eigenvalue weighted by atomic mass is 19.1. The van der Waals surface area contributed by atoms with Gasteiger partial charge in [-0.25, -0.2) is 4.39 Å². The highest BCUT2D eigenvalue weighted by Gasteiger charge is 2.10. The van der Waals surface area contributed by atoms with Gasteiger partial charge >= 0.3 is 0 Å². The molecule has 0 spiro atoms. The molecule has 1 N–H and O–H groups in total. The molecule has 7 heteroatoms. The number of rotatable bonds is 8. The second-order valence-electron chi connectivity index (χ2n) is 5.96. The number of aryl methyl sites for hydroxylation is 1. The molecule has 1 amide bonds. The summed E-state index contributed by atoms with van der Waals surface area (Å²) in [7, 11) is 1.60. The van der Waals surface area contributed by atoms with Crippen LogP contribution in [0.4, 0.5) is 4.39 Å². The van der Waals surface area contributed by atoms with Crippen molar-refractivity contribution in [2.24, 2.45) is 0 Å². The first-order valence-electron chi connectivity index (χ1n) is 8.63. The first-order chi connectivity index (χ1) is 13.2. The number of amides is 1. The summed E-state index contributed by atoms with van der Waals surface area (Å²) in [6.07, 6.45) is 1.43. The standard InChI is InChI=1S/C20H20FN3O3/c1-26-17-6-3-2-5-15(17)13-22-18(25)7-4-8-19-23-20(24-27-19)14-9-11-16(21)12-10-14/h2-3,5-6,9-12H,4,7-8,13H2,1H3,(H,22,25). The van der Waals surface area contributed by atoms with Crippen molar-refractivity contribution in [2.45, 2.75) is 25.8 Å². The van der Waals surface area contributed by atoms with E-state index < -0.39 is 0 Å².